The largest absolute Gasteiger partial charge is 0.480 e. The van der Waals surface area contributed by atoms with Crippen LogP contribution in [0.4, 0.5) is 0 Å². The molecule has 2 N–H and O–H groups in total. The van der Waals surface area contributed by atoms with Crippen molar-refractivity contribution in [2.24, 2.45) is 0 Å². The Bertz CT molecular complexity index is 955. The van der Waals surface area contributed by atoms with Gasteiger partial charge in [-0.3, -0.25) is 4.79 Å². The van der Waals surface area contributed by atoms with Crippen molar-refractivity contribution >= 4 is 5.91 Å². The van der Waals surface area contributed by atoms with Crippen molar-refractivity contribution in [2.75, 3.05) is 0 Å². The molecule has 4 rings (SSSR count). The highest BCUT2D eigenvalue weighted by Gasteiger charge is 2.27. The highest BCUT2D eigenvalue weighted by atomic mass is 16.5. The minimum absolute atomic E-state index is 0.0984. The molecule has 1 amide bonds. The number of hydrogen-bond acceptors (Lipinski definition) is 5. The highest BCUT2D eigenvalue weighted by Crippen LogP contribution is 2.29. The Hall–Kier alpha value is -3.22. The van der Waals surface area contributed by atoms with Crippen molar-refractivity contribution in [2.45, 2.75) is 38.8 Å². The first-order valence-electron chi connectivity index (χ1n) is 9.00. The van der Waals surface area contributed by atoms with Crippen molar-refractivity contribution in [1.29, 1.82) is 0 Å². The molecule has 2 unspecified atom stereocenters. The van der Waals surface area contributed by atoms with Gasteiger partial charge in [0.2, 0.25) is 5.82 Å². The van der Waals surface area contributed by atoms with Gasteiger partial charge in [-0.15, -0.1) is 10.2 Å². The van der Waals surface area contributed by atoms with Crippen LogP contribution < -0.4 is 10.1 Å². The first-order chi connectivity index (χ1) is 13.1. The Balaban J connectivity index is 1.44. The second kappa shape index (κ2) is 7.19. The minimum Gasteiger partial charge on any atom is -0.480 e. The first-order valence-corrected chi connectivity index (χ1v) is 9.00. The summed E-state index contributed by atoms with van der Waals surface area (Å²) in [5, 5.41) is 17.1. The average molecular weight is 363 g/mol. The van der Waals surface area contributed by atoms with Crippen LogP contribution in [0.1, 0.15) is 36.1 Å². The summed E-state index contributed by atoms with van der Waals surface area (Å²) in [5.41, 5.74) is 4.19. The Labute approximate surface area is 157 Å². The molecule has 0 saturated carbocycles. The number of H-pyrrole nitrogens is 1. The number of aryl methyl sites for hydroxylation is 2. The molecule has 0 aliphatic carbocycles. The smallest absolute Gasteiger partial charge is 0.261 e. The molecular weight excluding hydrogens is 342 g/mol. The van der Waals surface area contributed by atoms with Gasteiger partial charge in [-0.1, -0.05) is 35.9 Å². The zero-order valence-electron chi connectivity index (χ0n) is 15.3. The lowest BCUT2D eigenvalue weighted by Gasteiger charge is -2.27. The summed E-state index contributed by atoms with van der Waals surface area (Å²) in [6, 6.07) is 13.7. The van der Waals surface area contributed by atoms with E-state index in [9.17, 15) is 4.79 Å². The number of aromatic nitrogens is 4. The molecule has 1 aliphatic rings. The maximum absolute atomic E-state index is 12.7. The zero-order valence-corrected chi connectivity index (χ0v) is 15.3. The number of tetrazole rings is 1. The van der Waals surface area contributed by atoms with E-state index in [1.807, 2.05) is 43.3 Å². The number of nitrogens with zero attached hydrogens (tertiary/aromatic N) is 3. The van der Waals surface area contributed by atoms with Gasteiger partial charge in [0.15, 0.2) is 6.10 Å². The van der Waals surface area contributed by atoms with Crippen LogP contribution >= 0.6 is 0 Å². The van der Waals surface area contributed by atoms with Gasteiger partial charge in [0.05, 0.1) is 6.04 Å². The number of nitrogens with one attached hydrogen (secondary N) is 2. The molecule has 0 spiro atoms. The topological polar surface area (TPSA) is 92.8 Å². The fraction of sp³-hybridized carbons (Fsp3) is 0.300. The SMILES string of the molecule is Cc1ccc2c(c1)CCC(C(=O)NC(C)c1cccc(-c3nn[nH]n3)c1)O2. The number of aromatic amines is 1. The second-order valence-corrected chi connectivity index (χ2v) is 6.85. The van der Waals surface area contributed by atoms with Gasteiger partial charge in [-0.2, -0.15) is 5.21 Å². The van der Waals surface area contributed by atoms with Crippen LogP contribution in [0.25, 0.3) is 11.4 Å². The van der Waals surface area contributed by atoms with Crippen LogP contribution in [0.3, 0.4) is 0 Å². The number of fused-ring (bicyclic) bond motifs is 1. The quantitative estimate of drug-likeness (QED) is 0.743. The Kier molecular flexibility index (Phi) is 4.58. The van der Waals surface area contributed by atoms with Gasteiger partial charge >= 0.3 is 0 Å². The molecular formula is C20H21N5O2. The Morgan fingerprint density at radius 2 is 2.19 bits per heavy atom. The first kappa shape index (κ1) is 17.2. The average Bonchev–Trinajstić information content (AvgIpc) is 3.22. The van der Waals surface area contributed by atoms with Crippen LogP contribution in [0.5, 0.6) is 5.75 Å². The third-order valence-corrected chi connectivity index (χ3v) is 4.80. The summed E-state index contributed by atoms with van der Waals surface area (Å²) < 4.78 is 5.92. The van der Waals surface area contributed by atoms with Crippen molar-refractivity contribution < 1.29 is 9.53 Å². The summed E-state index contributed by atoms with van der Waals surface area (Å²) in [6.45, 7) is 4.01. The summed E-state index contributed by atoms with van der Waals surface area (Å²) >= 11 is 0. The van der Waals surface area contributed by atoms with Gasteiger partial charge < -0.3 is 10.1 Å². The van der Waals surface area contributed by atoms with E-state index in [0.717, 1.165) is 23.3 Å². The fourth-order valence-corrected chi connectivity index (χ4v) is 3.32. The summed E-state index contributed by atoms with van der Waals surface area (Å²) in [4.78, 5) is 12.7. The number of amides is 1. The van der Waals surface area contributed by atoms with E-state index in [0.29, 0.717) is 12.2 Å². The lowest BCUT2D eigenvalue weighted by molar-refractivity contribution is -0.129. The van der Waals surface area contributed by atoms with Crippen molar-refractivity contribution in [1.82, 2.24) is 25.9 Å². The summed E-state index contributed by atoms with van der Waals surface area (Å²) in [7, 11) is 0. The molecule has 1 aromatic heterocycles. The van der Waals surface area contributed by atoms with Crippen molar-refractivity contribution in [3.63, 3.8) is 0 Å². The van der Waals surface area contributed by atoms with Crippen molar-refractivity contribution in [3.8, 4) is 17.1 Å². The number of carbonyl (C=O) groups is 1. The van der Waals surface area contributed by atoms with Crippen LogP contribution in [0.15, 0.2) is 42.5 Å². The third-order valence-electron chi connectivity index (χ3n) is 4.80. The van der Waals surface area contributed by atoms with Gasteiger partial charge in [-0.05, 0) is 55.2 Å². The van der Waals surface area contributed by atoms with Crippen LogP contribution in [0, 0.1) is 6.92 Å². The molecule has 1 aliphatic heterocycles. The predicted octanol–water partition coefficient (Wildman–Crippen LogP) is 2.75. The molecule has 27 heavy (non-hydrogen) atoms. The van der Waals surface area contributed by atoms with Gasteiger partial charge in [-0.25, -0.2) is 0 Å². The predicted molar refractivity (Wildman–Crippen MR) is 100 cm³/mol. The van der Waals surface area contributed by atoms with E-state index in [-0.39, 0.29) is 11.9 Å². The molecule has 7 heteroatoms. The number of ether oxygens (including phenoxy) is 1. The summed E-state index contributed by atoms with van der Waals surface area (Å²) in [5.74, 6) is 1.23. The van der Waals surface area contributed by atoms with Gasteiger partial charge in [0, 0.05) is 5.56 Å². The maximum Gasteiger partial charge on any atom is 0.261 e. The number of hydrogen-bond donors (Lipinski definition) is 2. The molecule has 2 atom stereocenters. The third kappa shape index (κ3) is 3.67. The minimum atomic E-state index is -0.469. The fourth-order valence-electron chi connectivity index (χ4n) is 3.32. The number of benzene rings is 2. The summed E-state index contributed by atoms with van der Waals surface area (Å²) in [6.07, 6.45) is 1.05. The van der Waals surface area contributed by atoms with Gasteiger partial charge in [0.25, 0.3) is 5.91 Å². The van der Waals surface area contributed by atoms with E-state index in [1.54, 1.807) is 0 Å². The molecule has 2 aromatic carbocycles. The van der Waals surface area contributed by atoms with Gasteiger partial charge in [0.1, 0.15) is 5.75 Å². The molecule has 3 aromatic rings. The normalized spacial score (nSPS) is 16.9. The lowest BCUT2D eigenvalue weighted by atomic mass is 9.99. The number of rotatable bonds is 4. The Morgan fingerprint density at radius 3 is 3.00 bits per heavy atom. The molecule has 2 heterocycles. The van der Waals surface area contributed by atoms with Crippen molar-refractivity contribution in [3.05, 3.63) is 59.2 Å². The lowest BCUT2D eigenvalue weighted by Crippen LogP contribution is -2.41. The molecule has 0 fully saturated rings. The van der Waals surface area contributed by atoms with Crippen LogP contribution in [-0.4, -0.2) is 32.6 Å². The van der Waals surface area contributed by atoms with E-state index < -0.39 is 6.10 Å². The standard InChI is InChI=1S/C20H21N5O2/c1-12-6-8-17-15(10-12)7-9-18(27-17)20(26)21-13(2)14-4-3-5-16(11-14)19-22-24-25-23-19/h3-6,8,10-11,13,18H,7,9H2,1-2H3,(H,21,26)(H,22,23,24,25). The zero-order chi connectivity index (χ0) is 18.8. The number of carbonyl (C=O) groups excluding carboxylic acids is 1. The van der Waals surface area contributed by atoms with Crippen LogP contribution in [0.2, 0.25) is 0 Å². The molecule has 0 bridgehead atoms. The van der Waals surface area contributed by atoms with E-state index in [4.69, 9.17) is 4.74 Å². The molecule has 138 valence electrons. The van der Waals surface area contributed by atoms with Crippen LogP contribution in [-0.2, 0) is 11.2 Å². The van der Waals surface area contributed by atoms with E-state index in [1.165, 1.54) is 11.1 Å². The van der Waals surface area contributed by atoms with E-state index in [2.05, 4.69) is 38.9 Å². The molecule has 7 nitrogen and oxygen atoms in total. The molecule has 0 radical (unpaired) electrons. The van der Waals surface area contributed by atoms with E-state index >= 15 is 0 Å². The monoisotopic (exact) mass is 363 g/mol. The molecule has 0 saturated heterocycles. The highest BCUT2D eigenvalue weighted by molar-refractivity contribution is 5.82. The second-order valence-electron chi connectivity index (χ2n) is 6.85. The Morgan fingerprint density at radius 1 is 1.30 bits per heavy atom. The maximum atomic E-state index is 12.7.